The van der Waals surface area contributed by atoms with Crippen molar-refractivity contribution in [3.05, 3.63) is 54.2 Å². The highest BCUT2D eigenvalue weighted by Crippen LogP contribution is 2.45. The molecule has 0 bridgehead atoms. The number of benzene rings is 1. The zero-order valence-corrected chi connectivity index (χ0v) is 15.1. The highest BCUT2D eigenvalue weighted by Gasteiger charge is 2.46. The molecule has 2 aliphatic rings. The van der Waals surface area contributed by atoms with Gasteiger partial charge in [-0.25, -0.2) is 0 Å². The molecule has 6 nitrogen and oxygen atoms in total. The molecule has 3 atom stereocenters. The molecule has 4 heterocycles. The van der Waals surface area contributed by atoms with Crippen LogP contribution in [0.3, 0.4) is 0 Å². The van der Waals surface area contributed by atoms with Gasteiger partial charge in [-0.15, -0.1) is 10.2 Å². The van der Waals surface area contributed by atoms with Crippen LogP contribution in [0, 0.1) is 11.8 Å². The maximum atomic E-state index is 5.31. The Balaban J connectivity index is 1.43. The van der Waals surface area contributed by atoms with Crippen molar-refractivity contribution in [2.45, 2.75) is 6.04 Å². The fraction of sp³-hybridized carbons (Fsp3) is 0.400. The molecule has 6 heteroatoms. The molecule has 3 aromatic rings. The van der Waals surface area contributed by atoms with Gasteiger partial charge in [-0.1, -0.05) is 18.2 Å². The number of hydrogen-bond donors (Lipinski definition) is 0. The fourth-order valence-corrected chi connectivity index (χ4v) is 4.77. The lowest BCUT2D eigenvalue weighted by Crippen LogP contribution is -2.30. The van der Waals surface area contributed by atoms with Gasteiger partial charge in [0.2, 0.25) is 5.95 Å². The molecule has 134 valence electrons. The smallest absolute Gasteiger partial charge is 0.231 e. The van der Waals surface area contributed by atoms with Crippen LogP contribution in [0.5, 0.6) is 5.75 Å². The Bertz CT molecular complexity index is 921. The maximum Gasteiger partial charge on any atom is 0.231 e. The van der Waals surface area contributed by atoms with Crippen LogP contribution in [0.4, 0.5) is 5.95 Å². The van der Waals surface area contributed by atoms with Gasteiger partial charge in [-0.3, -0.25) is 9.30 Å². The number of nitrogens with zero attached hydrogens (tertiary/aromatic N) is 5. The Hall–Kier alpha value is -2.60. The Morgan fingerprint density at radius 1 is 1.00 bits per heavy atom. The molecule has 2 saturated heterocycles. The van der Waals surface area contributed by atoms with Gasteiger partial charge >= 0.3 is 0 Å². The Morgan fingerprint density at radius 2 is 1.85 bits per heavy atom. The molecule has 0 saturated carbocycles. The molecule has 0 amide bonds. The summed E-state index contributed by atoms with van der Waals surface area (Å²) in [7, 11) is 3.95. The van der Waals surface area contributed by atoms with Gasteiger partial charge in [0.25, 0.3) is 0 Å². The van der Waals surface area contributed by atoms with E-state index >= 15 is 0 Å². The van der Waals surface area contributed by atoms with Crippen molar-refractivity contribution in [3.63, 3.8) is 0 Å². The molecular weight excluding hydrogens is 326 g/mol. The third-order valence-corrected chi connectivity index (χ3v) is 5.93. The number of ether oxygens (including phenoxy) is 1. The van der Waals surface area contributed by atoms with Crippen molar-refractivity contribution >= 4 is 11.6 Å². The summed E-state index contributed by atoms with van der Waals surface area (Å²) in [4.78, 5) is 4.90. The highest BCUT2D eigenvalue weighted by atomic mass is 16.5. The first kappa shape index (κ1) is 15.6. The molecule has 0 unspecified atom stereocenters. The topological polar surface area (TPSA) is 45.9 Å². The van der Waals surface area contributed by atoms with Crippen molar-refractivity contribution in [2.75, 3.05) is 38.7 Å². The minimum absolute atomic E-state index is 0.440. The van der Waals surface area contributed by atoms with Crippen LogP contribution >= 0.6 is 0 Å². The first-order chi connectivity index (χ1) is 12.7. The minimum atomic E-state index is 0.440. The second-order valence-corrected chi connectivity index (χ2v) is 7.42. The summed E-state index contributed by atoms with van der Waals surface area (Å²) in [5.74, 6) is 3.13. The van der Waals surface area contributed by atoms with Crippen LogP contribution in [-0.2, 0) is 0 Å². The summed E-state index contributed by atoms with van der Waals surface area (Å²) in [5, 5.41) is 8.77. The number of anilines is 1. The van der Waals surface area contributed by atoms with E-state index in [4.69, 9.17) is 4.74 Å². The fourth-order valence-electron chi connectivity index (χ4n) is 4.77. The molecule has 2 aromatic heterocycles. The van der Waals surface area contributed by atoms with Crippen LogP contribution < -0.4 is 9.64 Å². The van der Waals surface area contributed by atoms with Gasteiger partial charge in [-0.05, 0) is 42.8 Å². The lowest BCUT2D eigenvalue weighted by atomic mass is 9.89. The molecule has 2 fully saturated rings. The van der Waals surface area contributed by atoms with Crippen LogP contribution in [0.15, 0.2) is 48.7 Å². The second kappa shape index (κ2) is 5.99. The maximum absolute atomic E-state index is 5.31. The Morgan fingerprint density at radius 3 is 2.65 bits per heavy atom. The molecule has 0 radical (unpaired) electrons. The summed E-state index contributed by atoms with van der Waals surface area (Å²) in [6.45, 7) is 3.17. The van der Waals surface area contributed by atoms with Gasteiger partial charge in [0, 0.05) is 37.8 Å². The molecule has 2 aliphatic heterocycles. The first-order valence-electron chi connectivity index (χ1n) is 9.13. The average molecular weight is 349 g/mol. The largest absolute Gasteiger partial charge is 0.497 e. The highest BCUT2D eigenvalue weighted by molar-refractivity contribution is 5.47. The zero-order valence-electron chi connectivity index (χ0n) is 15.1. The van der Waals surface area contributed by atoms with Crippen LogP contribution in [0.25, 0.3) is 5.65 Å². The van der Waals surface area contributed by atoms with Crippen molar-refractivity contribution in [3.8, 4) is 5.75 Å². The summed E-state index contributed by atoms with van der Waals surface area (Å²) in [6, 6.07) is 15.0. The third kappa shape index (κ3) is 2.36. The number of pyridine rings is 1. The zero-order chi connectivity index (χ0) is 17.7. The van der Waals surface area contributed by atoms with Crippen molar-refractivity contribution < 1.29 is 4.74 Å². The summed E-state index contributed by atoms with van der Waals surface area (Å²) >= 11 is 0. The van der Waals surface area contributed by atoms with Crippen molar-refractivity contribution in [1.82, 2.24) is 19.5 Å². The average Bonchev–Trinajstić information content (AvgIpc) is 3.33. The number of hydrogen-bond acceptors (Lipinski definition) is 5. The standard InChI is InChI=1S/C20H23N5O/c1-23-11-15-12-24(20-22-21-18-5-3-4-10-25(18)20)13-17(15)19(23)14-6-8-16(26-2)9-7-14/h3-10,15,17,19H,11-13H2,1-2H3/t15-,17+,19-/m0/s1. The molecular formula is C20H23N5O. The van der Waals surface area contributed by atoms with E-state index in [-0.39, 0.29) is 0 Å². The van der Waals surface area contributed by atoms with Crippen LogP contribution in [0.2, 0.25) is 0 Å². The van der Waals surface area contributed by atoms with E-state index in [2.05, 4.69) is 55.7 Å². The second-order valence-electron chi connectivity index (χ2n) is 7.42. The monoisotopic (exact) mass is 349 g/mol. The quantitative estimate of drug-likeness (QED) is 0.727. The van der Waals surface area contributed by atoms with E-state index in [9.17, 15) is 0 Å². The number of likely N-dealkylation sites (tertiary alicyclic amines) is 1. The van der Waals surface area contributed by atoms with E-state index in [1.807, 2.05) is 24.4 Å². The van der Waals surface area contributed by atoms with E-state index in [0.29, 0.717) is 17.9 Å². The summed E-state index contributed by atoms with van der Waals surface area (Å²) in [6.07, 6.45) is 2.05. The van der Waals surface area contributed by atoms with Gasteiger partial charge in [-0.2, -0.15) is 0 Å². The molecule has 26 heavy (non-hydrogen) atoms. The third-order valence-electron chi connectivity index (χ3n) is 5.93. The lowest BCUT2D eigenvalue weighted by Gasteiger charge is -2.27. The predicted molar refractivity (Wildman–Crippen MR) is 101 cm³/mol. The summed E-state index contributed by atoms with van der Waals surface area (Å²) in [5.41, 5.74) is 2.28. The molecule has 0 N–H and O–H groups in total. The summed E-state index contributed by atoms with van der Waals surface area (Å²) < 4.78 is 7.40. The van der Waals surface area contributed by atoms with Gasteiger partial charge in [0.1, 0.15) is 5.75 Å². The van der Waals surface area contributed by atoms with Crippen LogP contribution in [-0.4, -0.2) is 53.3 Å². The number of methoxy groups -OCH3 is 1. The number of fused-ring (bicyclic) bond motifs is 2. The number of rotatable bonds is 3. The predicted octanol–water partition coefficient (Wildman–Crippen LogP) is 2.48. The van der Waals surface area contributed by atoms with E-state index in [0.717, 1.165) is 37.0 Å². The number of aromatic nitrogens is 3. The van der Waals surface area contributed by atoms with E-state index in [1.54, 1.807) is 7.11 Å². The molecule has 1 aromatic carbocycles. The van der Waals surface area contributed by atoms with Crippen molar-refractivity contribution in [2.24, 2.45) is 11.8 Å². The Kier molecular flexibility index (Phi) is 3.60. The molecule has 0 aliphatic carbocycles. The molecule has 0 spiro atoms. The lowest BCUT2D eigenvalue weighted by molar-refractivity contribution is 0.279. The molecule has 5 rings (SSSR count). The van der Waals surface area contributed by atoms with E-state index in [1.165, 1.54) is 5.56 Å². The minimum Gasteiger partial charge on any atom is -0.497 e. The van der Waals surface area contributed by atoms with Crippen LogP contribution in [0.1, 0.15) is 11.6 Å². The Labute approximate surface area is 153 Å². The van der Waals surface area contributed by atoms with Crippen molar-refractivity contribution in [1.29, 1.82) is 0 Å². The van der Waals surface area contributed by atoms with Gasteiger partial charge in [0.15, 0.2) is 5.65 Å². The van der Waals surface area contributed by atoms with E-state index < -0.39 is 0 Å². The SMILES string of the molecule is COc1ccc([C@H]2[C@@H]3CN(c4nnc5ccccn45)C[C@@H]3CN2C)cc1. The van der Waals surface area contributed by atoms with Gasteiger partial charge < -0.3 is 9.64 Å². The normalized spacial score (nSPS) is 25.8. The first-order valence-corrected chi connectivity index (χ1v) is 9.13. The van der Waals surface area contributed by atoms with Gasteiger partial charge in [0.05, 0.1) is 7.11 Å².